The lowest BCUT2D eigenvalue weighted by atomic mass is 10.2. The van der Waals surface area contributed by atoms with E-state index >= 15 is 0 Å². The summed E-state index contributed by atoms with van der Waals surface area (Å²) >= 11 is 0. The van der Waals surface area contributed by atoms with Crippen molar-refractivity contribution in [3.8, 4) is 5.69 Å². The van der Waals surface area contributed by atoms with Crippen LogP contribution in [-0.2, 0) is 6.42 Å². The number of nitrogens with zero attached hydrogens (tertiary/aromatic N) is 3. The summed E-state index contributed by atoms with van der Waals surface area (Å²) in [6.45, 7) is 4.09. The van der Waals surface area contributed by atoms with Gasteiger partial charge in [-0.25, -0.2) is 4.68 Å². The molecule has 0 aliphatic carbocycles. The molecule has 0 atom stereocenters. The molecule has 78 valence electrons. The molecular formula is C11H14N4. The zero-order chi connectivity index (χ0) is 10.8. The maximum absolute atomic E-state index is 5.73. The number of benzene rings is 1. The number of aromatic nitrogens is 3. The molecular weight excluding hydrogens is 188 g/mol. The van der Waals surface area contributed by atoms with Crippen molar-refractivity contribution in [1.82, 2.24) is 15.0 Å². The Bertz CT molecular complexity index is 473. The summed E-state index contributed by atoms with van der Waals surface area (Å²) in [4.78, 5) is 0. The molecule has 0 unspecified atom stereocenters. The van der Waals surface area contributed by atoms with Crippen molar-refractivity contribution in [1.29, 1.82) is 0 Å². The molecule has 4 nitrogen and oxygen atoms in total. The fourth-order valence-electron chi connectivity index (χ4n) is 1.61. The van der Waals surface area contributed by atoms with Gasteiger partial charge in [-0.2, -0.15) is 0 Å². The number of hydrogen-bond acceptors (Lipinski definition) is 3. The summed E-state index contributed by atoms with van der Waals surface area (Å²) in [6, 6.07) is 8.12. The highest BCUT2D eigenvalue weighted by atomic mass is 15.4. The molecule has 0 radical (unpaired) electrons. The van der Waals surface area contributed by atoms with E-state index in [4.69, 9.17) is 5.73 Å². The fourth-order valence-corrected chi connectivity index (χ4v) is 1.61. The monoisotopic (exact) mass is 202 g/mol. The minimum atomic E-state index is 0.513. The van der Waals surface area contributed by atoms with Crippen molar-refractivity contribution < 1.29 is 0 Å². The summed E-state index contributed by atoms with van der Waals surface area (Å²) in [7, 11) is 0. The second-order valence-corrected chi connectivity index (χ2v) is 3.53. The third-order valence-corrected chi connectivity index (χ3v) is 2.37. The lowest BCUT2D eigenvalue weighted by Gasteiger charge is -2.05. The average Bonchev–Trinajstić information content (AvgIpc) is 2.59. The van der Waals surface area contributed by atoms with Crippen LogP contribution in [0.4, 0.5) is 5.82 Å². The molecule has 1 heterocycles. The van der Waals surface area contributed by atoms with Crippen LogP contribution < -0.4 is 5.73 Å². The molecule has 2 N–H and O–H groups in total. The summed E-state index contributed by atoms with van der Waals surface area (Å²) in [5.41, 5.74) is 8.90. The molecule has 0 saturated heterocycles. The van der Waals surface area contributed by atoms with Crippen LogP contribution in [0.15, 0.2) is 24.3 Å². The van der Waals surface area contributed by atoms with Gasteiger partial charge in [0.15, 0.2) is 5.82 Å². The lowest BCUT2D eigenvalue weighted by Crippen LogP contribution is -2.02. The number of hydrogen-bond donors (Lipinski definition) is 1. The Morgan fingerprint density at radius 3 is 2.87 bits per heavy atom. The highest BCUT2D eigenvalue weighted by Gasteiger charge is 2.09. The Morgan fingerprint density at radius 1 is 1.40 bits per heavy atom. The Labute approximate surface area is 88.7 Å². The van der Waals surface area contributed by atoms with Crippen LogP contribution in [0.25, 0.3) is 5.69 Å². The van der Waals surface area contributed by atoms with E-state index in [-0.39, 0.29) is 0 Å². The first-order valence-corrected chi connectivity index (χ1v) is 4.99. The minimum absolute atomic E-state index is 0.513. The van der Waals surface area contributed by atoms with Crippen molar-refractivity contribution >= 4 is 5.82 Å². The molecule has 0 aliphatic heterocycles. The number of aryl methyl sites for hydroxylation is 1. The summed E-state index contributed by atoms with van der Waals surface area (Å²) < 4.78 is 1.79. The molecule has 1 aromatic carbocycles. The molecule has 0 amide bonds. The van der Waals surface area contributed by atoms with Gasteiger partial charge in [-0.05, 0) is 31.0 Å². The molecule has 2 aromatic rings. The summed E-state index contributed by atoms with van der Waals surface area (Å²) in [5.74, 6) is 0.513. The summed E-state index contributed by atoms with van der Waals surface area (Å²) in [6.07, 6.45) is 0.826. The molecule has 2 rings (SSSR count). The molecule has 15 heavy (non-hydrogen) atoms. The minimum Gasteiger partial charge on any atom is -0.381 e. The van der Waals surface area contributed by atoms with Crippen molar-refractivity contribution in [2.45, 2.75) is 20.3 Å². The molecule has 0 fully saturated rings. The third kappa shape index (κ3) is 1.70. The number of anilines is 1. The van der Waals surface area contributed by atoms with Crippen LogP contribution in [0, 0.1) is 6.92 Å². The van der Waals surface area contributed by atoms with Crippen LogP contribution >= 0.6 is 0 Å². The van der Waals surface area contributed by atoms with Crippen LogP contribution in [-0.4, -0.2) is 15.0 Å². The predicted molar refractivity (Wildman–Crippen MR) is 59.9 cm³/mol. The molecule has 4 heteroatoms. The molecule has 0 saturated carbocycles. The van der Waals surface area contributed by atoms with Crippen molar-refractivity contribution in [3.05, 3.63) is 35.5 Å². The van der Waals surface area contributed by atoms with Gasteiger partial charge in [0.2, 0.25) is 0 Å². The molecule has 1 aromatic heterocycles. The van der Waals surface area contributed by atoms with Gasteiger partial charge in [-0.1, -0.05) is 24.3 Å². The third-order valence-electron chi connectivity index (χ3n) is 2.37. The van der Waals surface area contributed by atoms with Gasteiger partial charge in [0.05, 0.1) is 11.4 Å². The largest absolute Gasteiger partial charge is 0.381 e. The number of rotatable bonds is 2. The standard InChI is InChI=1S/C11H14N4/c1-3-10-11(12)13-14-15(10)9-6-4-5-8(2)7-9/h4-7H,3,12H2,1-2H3. The van der Waals surface area contributed by atoms with E-state index < -0.39 is 0 Å². The van der Waals surface area contributed by atoms with Gasteiger partial charge in [0.25, 0.3) is 0 Å². The Hall–Kier alpha value is -1.84. The topological polar surface area (TPSA) is 56.7 Å². The number of nitrogens with two attached hydrogens (primary N) is 1. The van der Waals surface area contributed by atoms with Crippen LogP contribution in [0.3, 0.4) is 0 Å². The van der Waals surface area contributed by atoms with E-state index in [2.05, 4.69) is 29.4 Å². The second kappa shape index (κ2) is 3.73. The maximum Gasteiger partial charge on any atom is 0.169 e. The fraction of sp³-hybridized carbons (Fsp3) is 0.273. The predicted octanol–water partition coefficient (Wildman–Crippen LogP) is 1.72. The zero-order valence-corrected chi connectivity index (χ0v) is 8.94. The van der Waals surface area contributed by atoms with Gasteiger partial charge >= 0.3 is 0 Å². The quantitative estimate of drug-likeness (QED) is 0.806. The van der Waals surface area contributed by atoms with Gasteiger partial charge in [-0.15, -0.1) is 5.10 Å². The molecule has 0 spiro atoms. The van der Waals surface area contributed by atoms with E-state index in [9.17, 15) is 0 Å². The first-order valence-electron chi connectivity index (χ1n) is 4.99. The van der Waals surface area contributed by atoms with Crippen LogP contribution in [0.2, 0.25) is 0 Å². The second-order valence-electron chi connectivity index (χ2n) is 3.53. The van der Waals surface area contributed by atoms with Crippen molar-refractivity contribution in [2.24, 2.45) is 0 Å². The van der Waals surface area contributed by atoms with Crippen LogP contribution in [0.1, 0.15) is 18.2 Å². The highest BCUT2D eigenvalue weighted by Crippen LogP contribution is 2.15. The average molecular weight is 202 g/mol. The van der Waals surface area contributed by atoms with E-state index in [1.165, 1.54) is 5.56 Å². The van der Waals surface area contributed by atoms with E-state index in [1.54, 1.807) is 4.68 Å². The Balaban J connectivity index is 2.54. The first kappa shape index (κ1) is 9.71. The van der Waals surface area contributed by atoms with Crippen LogP contribution in [0.5, 0.6) is 0 Å². The number of nitrogen functional groups attached to an aromatic ring is 1. The van der Waals surface area contributed by atoms with E-state index in [0.29, 0.717) is 5.82 Å². The molecule has 0 bridgehead atoms. The normalized spacial score (nSPS) is 10.5. The smallest absolute Gasteiger partial charge is 0.169 e. The van der Waals surface area contributed by atoms with Crippen molar-refractivity contribution in [2.75, 3.05) is 5.73 Å². The van der Waals surface area contributed by atoms with Gasteiger partial charge in [-0.3, -0.25) is 0 Å². The first-order chi connectivity index (χ1) is 7.22. The van der Waals surface area contributed by atoms with E-state index in [0.717, 1.165) is 17.8 Å². The molecule has 0 aliphatic rings. The van der Waals surface area contributed by atoms with Crippen molar-refractivity contribution in [3.63, 3.8) is 0 Å². The maximum atomic E-state index is 5.73. The van der Waals surface area contributed by atoms with E-state index in [1.807, 2.05) is 19.1 Å². The summed E-state index contributed by atoms with van der Waals surface area (Å²) in [5, 5.41) is 7.92. The SMILES string of the molecule is CCc1c(N)nnn1-c1cccc(C)c1. The highest BCUT2D eigenvalue weighted by molar-refractivity contribution is 5.42. The zero-order valence-electron chi connectivity index (χ0n) is 8.94. The van der Waals surface area contributed by atoms with Gasteiger partial charge in [0, 0.05) is 0 Å². The lowest BCUT2D eigenvalue weighted by molar-refractivity contribution is 0.766. The van der Waals surface area contributed by atoms with Gasteiger partial charge in [0.1, 0.15) is 0 Å². The van der Waals surface area contributed by atoms with Gasteiger partial charge < -0.3 is 5.73 Å². The Kier molecular flexibility index (Phi) is 2.41. The Morgan fingerprint density at radius 2 is 2.20 bits per heavy atom.